The third-order valence-corrected chi connectivity index (χ3v) is 7.61. The van der Waals surface area contributed by atoms with Crippen LogP contribution in [0.2, 0.25) is 0 Å². The van der Waals surface area contributed by atoms with Crippen molar-refractivity contribution in [2.75, 3.05) is 0 Å². The Kier molecular flexibility index (Phi) is 7.22. The van der Waals surface area contributed by atoms with E-state index < -0.39 is 0 Å². The van der Waals surface area contributed by atoms with Crippen molar-refractivity contribution < 1.29 is 9.47 Å². The molecular weight excluding hydrogens is 548 g/mol. The van der Waals surface area contributed by atoms with Gasteiger partial charge in [-0.3, -0.25) is 9.59 Å². The van der Waals surface area contributed by atoms with Crippen molar-refractivity contribution in [3.8, 4) is 34.0 Å². The minimum absolute atomic E-state index is 0.133. The summed E-state index contributed by atoms with van der Waals surface area (Å²) in [6.45, 7) is 0.954. The van der Waals surface area contributed by atoms with Gasteiger partial charge in [-0.1, -0.05) is 60.7 Å². The lowest BCUT2D eigenvalue weighted by atomic mass is 10.1. The lowest BCUT2D eigenvalue weighted by Crippen LogP contribution is -2.07. The van der Waals surface area contributed by atoms with Crippen LogP contribution in [0.5, 0.6) is 11.5 Å². The minimum atomic E-state index is -0.133. The summed E-state index contributed by atoms with van der Waals surface area (Å²) in [6.07, 6.45) is 0. The van der Waals surface area contributed by atoms with Crippen LogP contribution in [0.15, 0.2) is 143 Å². The van der Waals surface area contributed by atoms with Crippen molar-refractivity contribution in [3.63, 3.8) is 0 Å². The molecule has 0 aliphatic heterocycles. The number of pyridine rings is 2. The highest BCUT2D eigenvalue weighted by Crippen LogP contribution is 2.26. The lowest BCUT2D eigenvalue weighted by Gasteiger charge is -2.10. The minimum Gasteiger partial charge on any atom is -0.489 e. The summed E-state index contributed by atoms with van der Waals surface area (Å²) in [7, 11) is 0. The number of ether oxygens (including phenoxy) is 2. The molecule has 0 unspecified atom stereocenters. The topological polar surface area (TPSA) is 84.2 Å². The average Bonchev–Trinajstić information content (AvgIpc) is 3.07. The molecule has 2 aromatic heterocycles. The van der Waals surface area contributed by atoms with E-state index in [-0.39, 0.29) is 10.9 Å². The molecule has 0 saturated heterocycles. The molecule has 6 heteroatoms. The van der Waals surface area contributed by atoms with E-state index in [0.29, 0.717) is 46.4 Å². The molecule has 2 heterocycles. The molecule has 0 saturated carbocycles. The molecule has 2 N–H and O–H groups in total. The fourth-order valence-corrected chi connectivity index (χ4v) is 5.25. The van der Waals surface area contributed by atoms with Crippen molar-refractivity contribution in [3.05, 3.63) is 165 Å². The van der Waals surface area contributed by atoms with Crippen LogP contribution in [0.1, 0.15) is 11.1 Å². The van der Waals surface area contributed by atoms with Crippen molar-refractivity contribution in [2.45, 2.75) is 13.2 Å². The molecule has 0 atom stereocenters. The van der Waals surface area contributed by atoms with Crippen LogP contribution >= 0.6 is 0 Å². The Morgan fingerprint density at radius 1 is 0.455 bits per heavy atom. The number of fused-ring (bicyclic) bond motifs is 2. The van der Waals surface area contributed by atoms with Gasteiger partial charge in [-0.25, -0.2) is 0 Å². The number of aromatic amines is 2. The SMILES string of the molecule is O=c1cc(-c2ccc(OCc3ccccc3)cc2)[nH]c2cc3c(=O)cc(-c4ccc(OCc5ccccc5)cc4)[nH]c3cc12. The maximum absolute atomic E-state index is 13.2. The number of H-pyrrole nitrogens is 2. The van der Waals surface area contributed by atoms with Crippen LogP contribution in [0.4, 0.5) is 0 Å². The zero-order valence-electron chi connectivity index (χ0n) is 23.7. The summed E-state index contributed by atoms with van der Waals surface area (Å²) in [5.41, 5.74) is 6.13. The molecule has 0 bridgehead atoms. The smallest absolute Gasteiger partial charge is 0.190 e. The maximum Gasteiger partial charge on any atom is 0.190 e. The third-order valence-electron chi connectivity index (χ3n) is 7.61. The van der Waals surface area contributed by atoms with Gasteiger partial charge in [0.1, 0.15) is 24.7 Å². The van der Waals surface area contributed by atoms with Gasteiger partial charge >= 0.3 is 0 Å². The Labute approximate surface area is 253 Å². The summed E-state index contributed by atoms with van der Waals surface area (Å²) in [6, 6.07) is 41.8. The summed E-state index contributed by atoms with van der Waals surface area (Å²) in [4.78, 5) is 33.2. The van der Waals surface area contributed by atoms with E-state index in [0.717, 1.165) is 33.8 Å². The number of hydrogen-bond acceptors (Lipinski definition) is 4. The summed E-state index contributed by atoms with van der Waals surface area (Å²) >= 11 is 0. The summed E-state index contributed by atoms with van der Waals surface area (Å²) < 4.78 is 11.8. The Balaban J connectivity index is 1.13. The lowest BCUT2D eigenvalue weighted by molar-refractivity contribution is 0.306. The number of hydrogen-bond donors (Lipinski definition) is 2. The number of benzene rings is 5. The highest BCUT2D eigenvalue weighted by molar-refractivity contribution is 5.96. The maximum atomic E-state index is 13.2. The first kappa shape index (κ1) is 27.0. The van der Waals surface area contributed by atoms with Crippen LogP contribution in [0.25, 0.3) is 44.3 Å². The standard InChI is InChI=1S/C38H28N2O4/c41-37-21-33(27-11-15-29(16-12-27)43-23-25-7-3-1-4-8-25)39-35-19-32-36(20-31(35)37)40-34(22-38(32)42)28-13-17-30(18-14-28)44-24-26-9-5-2-6-10-26/h1-22H,23-24H2,(H,39,41)(H,40,42). The zero-order valence-corrected chi connectivity index (χ0v) is 23.7. The first-order valence-corrected chi connectivity index (χ1v) is 14.4. The molecule has 0 aliphatic rings. The van der Waals surface area contributed by atoms with Crippen LogP contribution in [-0.2, 0) is 13.2 Å². The second-order valence-corrected chi connectivity index (χ2v) is 10.6. The fourth-order valence-electron chi connectivity index (χ4n) is 5.25. The molecule has 214 valence electrons. The van der Waals surface area contributed by atoms with Gasteiger partial charge in [0, 0.05) is 34.3 Å². The molecule has 0 spiro atoms. The van der Waals surface area contributed by atoms with E-state index in [9.17, 15) is 9.59 Å². The molecule has 0 aliphatic carbocycles. The first-order valence-electron chi connectivity index (χ1n) is 14.4. The zero-order chi connectivity index (χ0) is 29.9. The highest BCUT2D eigenvalue weighted by Gasteiger charge is 2.11. The van der Waals surface area contributed by atoms with Crippen molar-refractivity contribution in [1.82, 2.24) is 9.97 Å². The van der Waals surface area contributed by atoms with Crippen LogP contribution in [0.3, 0.4) is 0 Å². The quantitative estimate of drug-likeness (QED) is 0.180. The van der Waals surface area contributed by atoms with Gasteiger partial charge in [0.15, 0.2) is 10.9 Å². The normalized spacial score (nSPS) is 11.1. The Morgan fingerprint density at radius 2 is 0.841 bits per heavy atom. The van der Waals surface area contributed by atoms with E-state index in [1.54, 1.807) is 24.3 Å². The molecular formula is C38H28N2O4. The number of aromatic nitrogens is 2. The van der Waals surface area contributed by atoms with Gasteiger partial charge in [0.05, 0.1) is 11.0 Å². The second-order valence-electron chi connectivity index (χ2n) is 10.6. The van der Waals surface area contributed by atoms with Crippen molar-refractivity contribution in [2.24, 2.45) is 0 Å². The van der Waals surface area contributed by atoms with Crippen molar-refractivity contribution >= 4 is 21.8 Å². The Hall–Kier alpha value is -5.88. The molecule has 7 aromatic rings. The van der Waals surface area contributed by atoms with Gasteiger partial charge in [0.2, 0.25) is 0 Å². The van der Waals surface area contributed by atoms with Crippen LogP contribution < -0.4 is 20.3 Å². The van der Waals surface area contributed by atoms with Gasteiger partial charge in [-0.2, -0.15) is 0 Å². The summed E-state index contributed by atoms with van der Waals surface area (Å²) in [5.74, 6) is 1.48. The van der Waals surface area contributed by atoms with E-state index in [2.05, 4.69) is 9.97 Å². The number of rotatable bonds is 8. The predicted molar refractivity (Wildman–Crippen MR) is 175 cm³/mol. The molecule has 6 nitrogen and oxygen atoms in total. The van der Waals surface area contributed by atoms with Crippen molar-refractivity contribution in [1.29, 1.82) is 0 Å². The van der Waals surface area contributed by atoms with E-state index in [1.165, 1.54) is 0 Å². The highest BCUT2D eigenvalue weighted by atomic mass is 16.5. The monoisotopic (exact) mass is 576 g/mol. The van der Waals surface area contributed by atoms with E-state index in [1.807, 2.05) is 109 Å². The van der Waals surface area contributed by atoms with E-state index in [4.69, 9.17) is 9.47 Å². The number of nitrogens with one attached hydrogen (secondary N) is 2. The average molecular weight is 577 g/mol. The Bertz CT molecular complexity index is 2030. The largest absolute Gasteiger partial charge is 0.489 e. The first-order chi connectivity index (χ1) is 21.6. The van der Waals surface area contributed by atoms with Crippen LogP contribution in [-0.4, -0.2) is 9.97 Å². The molecule has 0 fully saturated rings. The predicted octanol–water partition coefficient (Wildman–Crippen LogP) is 7.86. The van der Waals surface area contributed by atoms with Gasteiger partial charge in [0.25, 0.3) is 0 Å². The second kappa shape index (κ2) is 11.8. The van der Waals surface area contributed by atoms with Crippen LogP contribution in [0, 0.1) is 0 Å². The Morgan fingerprint density at radius 3 is 1.23 bits per heavy atom. The van der Waals surface area contributed by atoms with E-state index >= 15 is 0 Å². The molecule has 44 heavy (non-hydrogen) atoms. The fraction of sp³-hybridized carbons (Fsp3) is 0.0526. The van der Waals surface area contributed by atoms with Gasteiger partial charge in [-0.05, 0) is 82.9 Å². The molecule has 5 aromatic carbocycles. The third kappa shape index (κ3) is 5.74. The molecule has 0 amide bonds. The van der Waals surface area contributed by atoms with Gasteiger partial charge < -0.3 is 19.4 Å². The molecule has 0 radical (unpaired) electrons. The molecule has 7 rings (SSSR count). The summed E-state index contributed by atoms with van der Waals surface area (Å²) in [5, 5.41) is 1.00. The van der Waals surface area contributed by atoms with Gasteiger partial charge in [-0.15, -0.1) is 0 Å².